The van der Waals surface area contributed by atoms with E-state index in [1.807, 2.05) is 26.0 Å². The molecule has 0 saturated carbocycles. The number of sulfonamides is 1. The van der Waals surface area contributed by atoms with Crippen molar-refractivity contribution < 1.29 is 13.2 Å². The van der Waals surface area contributed by atoms with Gasteiger partial charge in [0.2, 0.25) is 5.91 Å². The molecule has 3 rings (SSSR count). The third-order valence-corrected chi connectivity index (χ3v) is 6.75. The van der Waals surface area contributed by atoms with Crippen LogP contribution in [0.4, 0.5) is 11.4 Å². The second-order valence-corrected chi connectivity index (χ2v) is 10.1. The lowest BCUT2D eigenvalue weighted by Gasteiger charge is -2.12. The van der Waals surface area contributed by atoms with Gasteiger partial charge in [-0.3, -0.25) is 9.52 Å². The molecule has 0 radical (unpaired) electrons. The van der Waals surface area contributed by atoms with Gasteiger partial charge in [0.05, 0.1) is 10.6 Å². The average molecular weight is 451 g/mol. The smallest absolute Gasteiger partial charge is 0.261 e. The standard InChI is InChI=1S/C26H30N2O3S/c1-18(2)22-10-7-21(8-11-22)9-16-26(29)27-23-12-14-24(15-13-23)32(30,31)28-25-17-19(3)5-6-20(25)4/h5-8,10-15,17-18,28H,9,16H2,1-4H3,(H,27,29). The summed E-state index contributed by atoms with van der Waals surface area (Å²) in [6.45, 7) is 8.07. The van der Waals surface area contributed by atoms with Crippen LogP contribution in [0.5, 0.6) is 0 Å². The van der Waals surface area contributed by atoms with Crippen LogP contribution in [0.3, 0.4) is 0 Å². The van der Waals surface area contributed by atoms with Gasteiger partial charge in [0.1, 0.15) is 0 Å². The summed E-state index contributed by atoms with van der Waals surface area (Å²) in [4.78, 5) is 12.5. The van der Waals surface area contributed by atoms with E-state index in [4.69, 9.17) is 0 Å². The third kappa shape index (κ3) is 6.20. The number of hydrogen-bond donors (Lipinski definition) is 2. The molecular formula is C26H30N2O3S. The van der Waals surface area contributed by atoms with Crippen molar-refractivity contribution in [2.75, 3.05) is 10.0 Å². The Balaban J connectivity index is 1.58. The first-order valence-electron chi connectivity index (χ1n) is 10.7. The van der Waals surface area contributed by atoms with Gasteiger partial charge in [0, 0.05) is 12.1 Å². The highest BCUT2D eigenvalue weighted by atomic mass is 32.2. The number of carbonyl (C=O) groups is 1. The number of hydrogen-bond acceptors (Lipinski definition) is 3. The third-order valence-electron chi connectivity index (χ3n) is 5.37. The zero-order valence-electron chi connectivity index (χ0n) is 19.0. The average Bonchev–Trinajstić information content (AvgIpc) is 2.75. The fraction of sp³-hybridized carbons (Fsp3) is 0.269. The Morgan fingerprint density at radius 2 is 1.56 bits per heavy atom. The van der Waals surface area contributed by atoms with E-state index in [2.05, 4.69) is 48.2 Å². The minimum atomic E-state index is -3.72. The number of aryl methyl sites for hydroxylation is 3. The number of amides is 1. The molecule has 0 saturated heterocycles. The Bertz CT molecular complexity index is 1180. The Kier molecular flexibility index (Phi) is 7.36. The van der Waals surface area contributed by atoms with Gasteiger partial charge in [-0.2, -0.15) is 0 Å². The maximum Gasteiger partial charge on any atom is 0.261 e. The van der Waals surface area contributed by atoms with Crippen LogP contribution >= 0.6 is 0 Å². The molecule has 0 fully saturated rings. The fourth-order valence-electron chi connectivity index (χ4n) is 3.32. The molecule has 2 N–H and O–H groups in total. The number of nitrogens with one attached hydrogen (secondary N) is 2. The van der Waals surface area contributed by atoms with Crippen LogP contribution in [0.25, 0.3) is 0 Å². The topological polar surface area (TPSA) is 75.3 Å². The summed E-state index contributed by atoms with van der Waals surface area (Å²) in [6, 6.07) is 20.1. The van der Waals surface area contributed by atoms with Crippen molar-refractivity contribution in [1.29, 1.82) is 0 Å². The van der Waals surface area contributed by atoms with Crippen molar-refractivity contribution in [2.24, 2.45) is 0 Å². The minimum absolute atomic E-state index is 0.109. The first-order chi connectivity index (χ1) is 15.1. The van der Waals surface area contributed by atoms with Gasteiger partial charge in [-0.1, -0.05) is 50.2 Å². The first-order valence-corrected chi connectivity index (χ1v) is 12.2. The van der Waals surface area contributed by atoms with E-state index >= 15 is 0 Å². The molecule has 1 amide bonds. The van der Waals surface area contributed by atoms with Gasteiger partial charge < -0.3 is 5.32 Å². The van der Waals surface area contributed by atoms with Crippen LogP contribution in [-0.2, 0) is 21.2 Å². The maximum atomic E-state index is 12.7. The Morgan fingerprint density at radius 3 is 2.19 bits per heavy atom. The van der Waals surface area contributed by atoms with Gasteiger partial charge >= 0.3 is 0 Å². The van der Waals surface area contributed by atoms with Crippen molar-refractivity contribution in [3.63, 3.8) is 0 Å². The van der Waals surface area contributed by atoms with Crippen LogP contribution in [0.1, 0.15) is 48.4 Å². The molecule has 0 bridgehead atoms. The van der Waals surface area contributed by atoms with E-state index in [1.165, 1.54) is 17.7 Å². The second kappa shape index (κ2) is 10.0. The predicted molar refractivity (Wildman–Crippen MR) is 131 cm³/mol. The Morgan fingerprint density at radius 1 is 0.906 bits per heavy atom. The second-order valence-electron chi connectivity index (χ2n) is 8.39. The molecule has 0 aromatic heterocycles. The van der Waals surface area contributed by atoms with Crippen molar-refractivity contribution in [3.8, 4) is 0 Å². The quantitative estimate of drug-likeness (QED) is 0.455. The zero-order valence-corrected chi connectivity index (χ0v) is 19.8. The molecule has 0 aliphatic heterocycles. The monoisotopic (exact) mass is 450 g/mol. The van der Waals surface area contributed by atoms with Crippen molar-refractivity contribution in [2.45, 2.75) is 51.3 Å². The lowest BCUT2D eigenvalue weighted by Crippen LogP contribution is -2.15. The molecule has 3 aromatic rings. The van der Waals surface area contributed by atoms with Gasteiger partial charge in [-0.05, 0) is 78.8 Å². The lowest BCUT2D eigenvalue weighted by atomic mass is 10.0. The van der Waals surface area contributed by atoms with E-state index in [1.54, 1.807) is 18.2 Å². The highest BCUT2D eigenvalue weighted by molar-refractivity contribution is 7.92. The van der Waals surface area contributed by atoms with Crippen LogP contribution < -0.4 is 10.0 Å². The van der Waals surface area contributed by atoms with Crippen molar-refractivity contribution in [3.05, 3.63) is 89.0 Å². The molecule has 6 heteroatoms. The highest BCUT2D eigenvalue weighted by Gasteiger charge is 2.15. The molecule has 0 spiro atoms. The largest absolute Gasteiger partial charge is 0.326 e. The summed E-state index contributed by atoms with van der Waals surface area (Å²) in [5.74, 6) is 0.372. The predicted octanol–water partition coefficient (Wildman–Crippen LogP) is 5.80. The fourth-order valence-corrected chi connectivity index (χ4v) is 4.44. The van der Waals surface area contributed by atoms with Gasteiger partial charge in [0.15, 0.2) is 0 Å². The molecule has 0 aliphatic carbocycles. The van der Waals surface area contributed by atoms with Crippen LogP contribution in [0.15, 0.2) is 71.6 Å². The molecule has 0 heterocycles. The highest BCUT2D eigenvalue weighted by Crippen LogP contribution is 2.22. The number of rotatable bonds is 8. The maximum absolute atomic E-state index is 12.7. The molecule has 3 aromatic carbocycles. The Labute approximate surface area is 190 Å². The molecule has 0 atom stereocenters. The summed E-state index contributed by atoms with van der Waals surface area (Å²) < 4.78 is 28.1. The van der Waals surface area contributed by atoms with Crippen LogP contribution in [0.2, 0.25) is 0 Å². The van der Waals surface area contributed by atoms with E-state index < -0.39 is 10.0 Å². The summed E-state index contributed by atoms with van der Waals surface area (Å²) in [6.07, 6.45) is 1.01. The Hall–Kier alpha value is -3.12. The van der Waals surface area contributed by atoms with Gasteiger partial charge in [0.25, 0.3) is 10.0 Å². The molecule has 168 valence electrons. The zero-order chi connectivity index (χ0) is 23.3. The van der Waals surface area contributed by atoms with Crippen LogP contribution in [0, 0.1) is 13.8 Å². The summed E-state index contributed by atoms with van der Waals surface area (Å²) in [5.41, 5.74) is 5.34. The summed E-state index contributed by atoms with van der Waals surface area (Å²) in [5, 5.41) is 2.83. The minimum Gasteiger partial charge on any atom is -0.326 e. The number of anilines is 2. The number of carbonyl (C=O) groups excluding carboxylic acids is 1. The van der Waals surface area contributed by atoms with E-state index in [-0.39, 0.29) is 10.8 Å². The SMILES string of the molecule is Cc1ccc(C)c(NS(=O)(=O)c2ccc(NC(=O)CCc3ccc(C(C)C)cc3)cc2)c1. The molecule has 0 aliphatic rings. The van der Waals surface area contributed by atoms with E-state index in [0.717, 1.165) is 16.7 Å². The lowest BCUT2D eigenvalue weighted by molar-refractivity contribution is -0.116. The van der Waals surface area contributed by atoms with Crippen LogP contribution in [-0.4, -0.2) is 14.3 Å². The molecule has 0 unspecified atom stereocenters. The summed E-state index contributed by atoms with van der Waals surface area (Å²) in [7, 11) is -3.72. The molecule has 32 heavy (non-hydrogen) atoms. The first kappa shape index (κ1) is 23.5. The summed E-state index contributed by atoms with van der Waals surface area (Å²) >= 11 is 0. The van der Waals surface area contributed by atoms with E-state index in [9.17, 15) is 13.2 Å². The van der Waals surface area contributed by atoms with Crippen molar-refractivity contribution in [1.82, 2.24) is 0 Å². The number of benzene rings is 3. The van der Waals surface area contributed by atoms with Gasteiger partial charge in [-0.15, -0.1) is 0 Å². The normalized spacial score (nSPS) is 11.4. The molecular weight excluding hydrogens is 420 g/mol. The van der Waals surface area contributed by atoms with E-state index in [0.29, 0.717) is 30.1 Å². The molecule has 5 nitrogen and oxygen atoms in total. The van der Waals surface area contributed by atoms with Crippen molar-refractivity contribution >= 4 is 27.3 Å². The van der Waals surface area contributed by atoms with Gasteiger partial charge in [-0.25, -0.2) is 8.42 Å².